The third kappa shape index (κ3) is 1.84. The fourth-order valence-electron chi connectivity index (χ4n) is 3.14. The summed E-state index contributed by atoms with van der Waals surface area (Å²) < 4.78 is 0.944. The van der Waals surface area contributed by atoms with Crippen LogP contribution in [-0.4, -0.2) is 22.9 Å². The molecule has 1 saturated heterocycles. The summed E-state index contributed by atoms with van der Waals surface area (Å²) in [4.78, 5) is 12.4. The number of carbonyl (C=O) groups excluding carboxylic acids is 1. The van der Waals surface area contributed by atoms with E-state index in [-0.39, 0.29) is 17.9 Å². The molecule has 0 saturated carbocycles. The van der Waals surface area contributed by atoms with Crippen LogP contribution in [0.15, 0.2) is 63.4 Å². The number of fused-ring (bicyclic) bond motifs is 2. The van der Waals surface area contributed by atoms with Gasteiger partial charge >= 0.3 is 0 Å². The van der Waals surface area contributed by atoms with Crippen LogP contribution < -0.4 is 10.6 Å². The van der Waals surface area contributed by atoms with Gasteiger partial charge in [-0.05, 0) is 12.1 Å². The summed E-state index contributed by atoms with van der Waals surface area (Å²) in [5.74, 6) is -0.225. The molecule has 2 unspecified atom stereocenters. The van der Waals surface area contributed by atoms with E-state index in [0.717, 1.165) is 15.7 Å². The van der Waals surface area contributed by atoms with Crippen molar-refractivity contribution in [2.24, 2.45) is 11.1 Å². The number of benzene rings is 1. The van der Waals surface area contributed by atoms with Crippen molar-refractivity contribution in [3.63, 3.8) is 0 Å². The number of hydrogen-bond acceptors (Lipinski definition) is 4. The minimum atomic E-state index is -0.144. The zero-order chi connectivity index (χ0) is 15.3. The van der Waals surface area contributed by atoms with Gasteiger partial charge in [-0.25, -0.2) is 0 Å². The van der Waals surface area contributed by atoms with Crippen molar-refractivity contribution < 1.29 is 10.0 Å². The Morgan fingerprint density at radius 3 is 2.91 bits per heavy atom. The Balaban J connectivity index is 1.86. The molecule has 1 aromatic rings. The highest BCUT2D eigenvalue weighted by Crippen LogP contribution is 2.37. The minimum absolute atomic E-state index is 0.0811. The van der Waals surface area contributed by atoms with Gasteiger partial charge in [-0.2, -0.15) is 0 Å². The average Bonchev–Trinajstić information content (AvgIpc) is 3.02. The summed E-state index contributed by atoms with van der Waals surface area (Å²) in [5, 5.41) is 19.0. The highest BCUT2D eigenvalue weighted by molar-refractivity contribution is 9.11. The molecule has 0 radical (unpaired) electrons. The standard InChI is InChI=1S/C16H12BrN3O2/c17-8-5-6-9-12(7-8)19-16(21)13(9)15-14(20-22)10-3-1-2-4-11(10)18-15/h1-7,9,12,18,22H,(H,19,21)/b15-13-,20-14-. The number of amides is 1. The largest absolute Gasteiger partial charge is 0.410 e. The van der Waals surface area contributed by atoms with Crippen LogP contribution in [0.2, 0.25) is 0 Å². The summed E-state index contributed by atoms with van der Waals surface area (Å²) in [6, 6.07) is 7.44. The molecule has 3 aliphatic rings. The van der Waals surface area contributed by atoms with Gasteiger partial charge in [0.1, 0.15) is 5.71 Å². The molecule has 1 aromatic carbocycles. The molecule has 3 N–H and O–H groups in total. The van der Waals surface area contributed by atoms with E-state index in [1.54, 1.807) is 0 Å². The van der Waals surface area contributed by atoms with Crippen molar-refractivity contribution in [3.8, 4) is 0 Å². The van der Waals surface area contributed by atoms with E-state index in [4.69, 9.17) is 0 Å². The Labute approximate surface area is 135 Å². The first-order valence-corrected chi connectivity index (χ1v) is 7.68. The van der Waals surface area contributed by atoms with E-state index in [9.17, 15) is 10.0 Å². The molecule has 5 nitrogen and oxygen atoms in total. The van der Waals surface area contributed by atoms with Crippen molar-refractivity contribution in [1.29, 1.82) is 0 Å². The second kappa shape index (κ2) is 4.84. The SMILES string of the molecule is O=C1NC2C=C(Br)C=CC2/C1=C1/Nc2ccccc2/C1=N/O. The average molecular weight is 358 g/mol. The molecule has 1 fully saturated rings. The number of rotatable bonds is 0. The summed E-state index contributed by atoms with van der Waals surface area (Å²) in [6.45, 7) is 0. The Morgan fingerprint density at radius 1 is 1.27 bits per heavy atom. The summed E-state index contributed by atoms with van der Waals surface area (Å²) >= 11 is 3.42. The van der Waals surface area contributed by atoms with Gasteiger partial charge in [-0.3, -0.25) is 4.79 Å². The van der Waals surface area contributed by atoms with Crippen LogP contribution in [0.1, 0.15) is 5.56 Å². The number of para-hydroxylation sites is 1. The summed E-state index contributed by atoms with van der Waals surface area (Å²) in [5.41, 5.74) is 3.21. The molecule has 1 aliphatic carbocycles. The molecule has 0 aromatic heterocycles. The topological polar surface area (TPSA) is 73.7 Å². The maximum absolute atomic E-state index is 12.4. The molecule has 2 atom stereocenters. The molecular formula is C16H12BrN3O2. The first-order valence-electron chi connectivity index (χ1n) is 6.88. The fraction of sp³-hybridized carbons (Fsp3) is 0.125. The lowest BCUT2D eigenvalue weighted by Crippen LogP contribution is -2.27. The van der Waals surface area contributed by atoms with E-state index in [1.165, 1.54) is 0 Å². The maximum atomic E-state index is 12.4. The van der Waals surface area contributed by atoms with Gasteiger partial charge in [-0.1, -0.05) is 51.4 Å². The zero-order valence-electron chi connectivity index (χ0n) is 11.4. The minimum Gasteiger partial charge on any atom is -0.410 e. The van der Waals surface area contributed by atoms with Gasteiger partial charge < -0.3 is 15.8 Å². The smallest absolute Gasteiger partial charge is 0.250 e. The van der Waals surface area contributed by atoms with E-state index < -0.39 is 0 Å². The molecular weight excluding hydrogens is 346 g/mol. The number of allylic oxidation sites excluding steroid dienone is 3. The van der Waals surface area contributed by atoms with Crippen LogP contribution in [0.3, 0.4) is 0 Å². The molecule has 1 amide bonds. The Hall–Kier alpha value is -2.34. The van der Waals surface area contributed by atoms with Gasteiger partial charge in [-0.15, -0.1) is 0 Å². The third-order valence-corrected chi connectivity index (χ3v) is 4.64. The maximum Gasteiger partial charge on any atom is 0.250 e. The normalized spacial score (nSPS) is 30.7. The molecule has 22 heavy (non-hydrogen) atoms. The van der Waals surface area contributed by atoms with Crippen LogP contribution >= 0.6 is 15.9 Å². The number of carbonyl (C=O) groups is 1. The van der Waals surface area contributed by atoms with Crippen molar-refractivity contribution in [2.45, 2.75) is 6.04 Å². The third-order valence-electron chi connectivity index (χ3n) is 4.11. The predicted octanol–water partition coefficient (Wildman–Crippen LogP) is 2.51. The van der Waals surface area contributed by atoms with E-state index in [0.29, 0.717) is 17.0 Å². The summed E-state index contributed by atoms with van der Waals surface area (Å²) in [6.07, 6.45) is 5.88. The van der Waals surface area contributed by atoms with Crippen LogP contribution in [0.25, 0.3) is 0 Å². The van der Waals surface area contributed by atoms with Crippen molar-refractivity contribution in [1.82, 2.24) is 5.32 Å². The van der Waals surface area contributed by atoms with Gasteiger partial charge in [0.25, 0.3) is 5.91 Å². The second-order valence-corrected chi connectivity index (χ2v) is 6.26. The Kier molecular flexibility index (Phi) is 2.94. The van der Waals surface area contributed by atoms with Crippen molar-refractivity contribution >= 4 is 33.2 Å². The fourth-order valence-corrected chi connectivity index (χ4v) is 3.58. The monoisotopic (exact) mass is 357 g/mol. The van der Waals surface area contributed by atoms with Crippen LogP contribution in [0.4, 0.5) is 5.69 Å². The number of hydrogen-bond donors (Lipinski definition) is 3. The van der Waals surface area contributed by atoms with Crippen molar-refractivity contribution in [2.75, 3.05) is 5.32 Å². The number of nitrogens with zero attached hydrogens (tertiary/aromatic N) is 1. The van der Waals surface area contributed by atoms with E-state index in [2.05, 4.69) is 31.7 Å². The highest BCUT2D eigenvalue weighted by atomic mass is 79.9. The lowest BCUT2D eigenvalue weighted by atomic mass is 9.90. The molecule has 0 spiro atoms. The molecule has 0 bridgehead atoms. The first-order chi connectivity index (χ1) is 10.7. The Morgan fingerprint density at radius 2 is 2.09 bits per heavy atom. The Bertz CT molecular complexity index is 807. The number of halogens is 1. The lowest BCUT2D eigenvalue weighted by Gasteiger charge is -2.17. The van der Waals surface area contributed by atoms with Crippen LogP contribution in [0, 0.1) is 5.92 Å². The lowest BCUT2D eigenvalue weighted by molar-refractivity contribution is -0.116. The van der Waals surface area contributed by atoms with Gasteiger partial charge in [0.05, 0.1) is 17.3 Å². The molecule has 2 aliphatic heterocycles. The quantitative estimate of drug-likeness (QED) is 0.379. The highest BCUT2D eigenvalue weighted by Gasteiger charge is 2.41. The summed E-state index contributed by atoms with van der Waals surface area (Å²) in [7, 11) is 0. The molecule has 6 heteroatoms. The van der Waals surface area contributed by atoms with E-state index in [1.807, 2.05) is 42.5 Å². The first kappa shape index (κ1) is 13.3. The van der Waals surface area contributed by atoms with Crippen LogP contribution in [-0.2, 0) is 4.79 Å². The van der Waals surface area contributed by atoms with Gasteiger partial charge in [0, 0.05) is 21.7 Å². The molecule has 110 valence electrons. The number of anilines is 1. The zero-order valence-corrected chi connectivity index (χ0v) is 13.0. The predicted molar refractivity (Wildman–Crippen MR) is 87.0 cm³/mol. The number of nitrogens with one attached hydrogen (secondary N) is 2. The second-order valence-electron chi connectivity index (χ2n) is 5.34. The van der Waals surface area contributed by atoms with E-state index >= 15 is 0 Å². The van der Waals surface area contributed by atoms with Gasteiger partial charge in [0.2, 0.25) is 0 Å². The molecule has 4 rings (SSSR count). The number of oxime groups is 1. The van der Waals surface area contributed by atoms with Gasteiger partial charge in [0.15, 0.2) is 0 Å². The molecule has 2 heterocycles. The van der Waals surface area contributed by atoms with Crippen molar-refractivity contribution in [3.05, 3.63) is 63.8 Å². The van der Waals surface area contributed by atoms with Crippen LogP contribution in [0.5, 0.6) is 0 Å².